The van der Waals surface area contributed by atoms with Crippen LogP contribution in [-0.4, -0.2) is 46.9 Å². The van der Waals surface area contributed by atoms with Gasteiger partial charge in [-0.3, -0.25) is 19.5 Å². The Bertz CT molecular complexity index is 1140. The van der Waals surface area contributed by atoms with Gasteiger partial charge in [-0.05, 0) is 44.4 Å². The van der Waals surface area contributed by atoms with Crippen LogP contribution in [0.3, 0.4) is 0 Å². The fourth-order valence-corrected chi connectivity index (χ4v) is 4.70. The van der Waals surface area contributed by atoms with Crippen LogP contribution >= 0.6 is 0 Å². The highest BCUT2D eigenvalue weighted by molar-refractivity contribution is 6.01. The van der Waals surface area contributed by atoms with Gasteiger partial charge in [-0.15, -0.1) is 0 Å². The van der Waals surface area contributed by atoms with Crippen molar-refractivity contribution in [1.82, 2.24) is 25.9 Å². The minimum Gasteiger partial charge on any atom is -0.369 e. The fourth-order valence-electron chi connectivity index (χ4n) is 4.70. The lowest BCUT2D eigenvalue weighted by molar-refractivity contribution is -0.126. The van der Waals surface area contributed by atoms with E-state index >= 15 is 4.39 Å². The van der Waals surface area contributed by atoms with Crippen molar-refractivity contribution in [3.8, 4) is 11.3 Å². The molecule has 0 aliphatic heterocycles. The lowest BCUT2D eigenvalue weighted by atomic mass is 9.74. The number of nitrogens with one attached hydrogen (secondary N) is 3. The highest BCUT2D eigenvalue weighted by Gasteiger charge is 2.38. The molecule has 5 N–H and O–H groups in total. The number of rotatable bonds is 10. The normalized spacial score (nSPS) is 19.0. The Kier molecular flexibility index (Phi) is 8.98. The zero-order valence-electron chi connectivity index (χ0n) is 21.2. The van der Waals surface area contributed by atoms with E-state index in [1.165, 1.54) is 12.1 Å². The first kappa shape index (κ1) is 27.1. The van der Waals surface area contributed by atoms with Crippen LogP contribution in [0.5, 0.6) is 0 Å². The minimum atomic E-state index is -0.696. The van der Waals surface area contributed by atoms with E-state index in [1.54, 1.807) is 44.4 Å². The van der Waals surface area contributed by atoms with Gasteiger partial charge in [-0.25, -0.2) is 9.82 Å². The molecule has 1 saturated carbocycles. The van der Waals surface area contributed by atoms with Crippen molar-refractivity contribution in [3.05, 3.63) is 53.2 Å². The number of aromatic amines is 1. The van der Waals surface area contributed by atoms with Gasteiger partial charge >= 0.3 is 0 Å². The van der Waals surface area contributed by atoms with Gasteiger partial charge in [0.2, 0.25) is 11.8 Å². The van der Waals surface area contributed by atoms with E-state index in [1.807, 2.05) is 6.92 Å². The summed E-state index contributed by atoms with van der Waals surface area (Å²) < 4.78 is 15.1. The number of amides is 2. The van der Waals surface area contributed by atoms with Crippen molar-refractivity contribution in [3.63, 3.8) is 0 Å². The molecule has 9 nitrogen and oxygen atoms in total. The number of hydrazine groups is 1. The largest absolute Gasteiger partial charge is 0.369 e. The molecule has 0 bridgehead atoms. The highest BCUT2D eigenvalue weighted by atomic mass is 19.1. The van der Waals surface area contributed by atoms with Crippen LogP contribution in [0.25, 0.3) is 11.3 Å². The third-order valence-corrected chi connectivity index (χ3v) is 6.77. The number of ketones is 1. The molecule has 1 aromatic carbocycles. The van der Waals surface area contributed by atoms with Crippen molar-refractivity contribution < 1.29 is 18.8 Å². The lowest BCUT2D eigenvalue weighted by Gasteiger charge is -2.31. The van der Waals surface area contributed by atoms with Crippen LogP contribution in [0.4, 0.5) is 4.39 Å². The van der Waals surface area contributed by atoms with Crippen LogP contribution in [0, 0.1) is 30.5 Å². The molecule has 1 aromatic heterocycles. The standard InChI is InChI=1S/C26H35FN6O3/c1-5-17(25(28)35)23(14-33(4)29-3)30-26(36)19-9-7-6-8-18(19)24(34)20-11-10-16(13-21(20)27)22-12-15(2)31-32-22/h10-14,17-19,29H,5-9H2,1-4H3,(H2,28,35)(H,30,36)(H,31,32)/b23-14+. The van der Waals surface area contributed by atoms with Gasteiger partial charge in [-0.1, -0.05) is 25.8 Å². The summed E-state index contributed by atoms with van der Waals surface area (Å²) in [5.41, 5.74) is 10.8. The second-order valence-electron chi connectivity index (χ2n) is 9.25. The monoisotopic (exact) mass is 498 g/mol. The van der Waals surface area contributed by atoms with Crippen LogP contribution in [0.15, 0.2) is 36.2 Å². The molecular weight excluding hydrogens is 463 g/mol. The molecule has 10 heteroatoms. The summed E-state index contributed by atoms with van der Waals surface area (Å²) in [5.74, 6) is -3.95. The van der Waals surface area contributed by atoms with Gasteiger partial charge in [-0.2, -0.15) is 5.10 Å². The summed E-state index contributed by atoms with van der Waals surface area (Å²) in [6.07, 6.45) is 4.55. The number of nitrogens with zero attached hydrogens (tertiary/aromatic N) is 2. The van der Waals surface area contributed by atoms with Gasteiger partial charge < -0.3 is 16.1 Å². The number of nitrogens with two attached hydrogens (primary N) is 1. The number of carbonyl (C=O) groups is 3. The average molecular weight is 499 g/mol. The molecule has 2 aromatic rings. The van der Waals surface area contributed by atoms with Crippen LogP contribution in [0.2, 0.25) is 0 Å². The third-order valence-electron chi connectivity index (χ3n) is 6.77. The Morgan fingerprint density at radius 1 is 1.25 bits per heavy atom. The van der Waals surface area contributed by atoms with Gasteiger partial charge in [0.15, 0.2) is 5.78 Å². The molecule has 2 amide bonds. The second-order valence-corrected chi connectivity index (χ2v) is 9.25. The Balaban J connectivity index is 1.84. The number of benzene rings is 1. The number of halogens is 1. The van der Waals surface area contributed by atoms with Gasteiger partial charge in [0, 0.05) is 43.4 Å². The quantitative estimate of drug-likeness (QED) is 0.294. The summed E-state index contributed by atoms with van der Waals surface area (Å²) in [4.78, 5) is 38.9. The maximum Gasteiger partial charge on any atom is 0.228 e. The highest BCUT2D eigenvalue weighted by Crippen LogP contribution is 2.34. The van der Waals surface area contributed by atoms with Crippen molar-refractivity contribution in [2.45, 2.75) is 46.0 Å². The first-order chi connectivity index (χ1) is 17.2. The van der Waals surface area contributed by atoms with Crippen LogP contribution < -0.4 is 16.5 Å². The summed E-state index contributed by atoms with van der Waals surface area (Å²) in [7, 11) is 3.42. The van der Waals surface area contributed by atoms with E-state index in [2.05, 4.69) is 20.9 Å². The van der Waals surface area contributed by atoms with Gasteiger partial charge in [0.25, 0.3) is 0 Å². The van der Waals surface area contributed by atoms with Crippen molar-refractivity contribution >= 4 is 17.6 Å². The molecule has 194 valence electrons. The molecule has 36 heavy (non-hydrogen) atoms. The summed E-state index contributed by atoms with van der Waals surface area (Å²) in [5, 5.41) is 11.4. The number of hydrogen-bond donors (Lipinski definition) is 4. The predicted octanol–water partition coefficient (Wildman–Crippen LogP) is 3.05. The molecule has 0 radical (unpaired) electrons. The average Bonchev–Trinajstić information content (AvgIpc) is 3.29. The number of Topliss-reactive ketones (excluding diaryl/α,β-unsaturated/α-hetero) is 1. The second kappa shape index (κ2) is 11.9. The number of primary amides is 1. The Hall–Kier alpha value is -3.53. The number of aryl methyl sites for hydroxylation is 1. The van der Waals surface area contributed by atoms with E-state index in [9.17, 15) is 14.4 Å². The minimum absolute atomic E-state index is 0.0334. The maximum atomic E-state index is 15.1. The summed E-state index contributed by atoms with van der Waals surface area (Å²) in [6.45, 7) is 3.63. The number of hydrogen-bond acceptors (Lipinski definition) is 6. The van der Waals surface area contributed by atoms with Crippen molar-refractivity contribution in [2.24, 2.45) is 23.5 Å². The molecule has 1 fully saturated rings. The molecule has 3 atom stereocenters. The summed E-state index contributed by atoms with van der Waals surface area (Å²) in [6, 6.07) is 6.25. The van der Waals surface area contributed by atoms with E-state index in [0.29, 0.717) is 36.2 Å². The zero-order chi connectivity index (χ0) is 26.4. The van der Waals surface area contributed by atoms with E-state index in [0.717, 1.165) is 18.5 Å². The molecular formula is C26H35FN6O3. The summed E-state index contributed by atoms with van der Waals surface area (Å²) >= 11 is 0. The third kappa shape index (κ3) is 6.17. The molecule has 1 heterocycles. The predicted molar refractivity (Wildman–Crippen MR) is 135 cm³/mol. The topological polar surface area (TPSA) is 133 Å². The van der Waals surface area contributed by atoms with Crippen LogP contribution in [-0.2, 0) is 9.59 Å². The molecule has 1 aliphatic carbocycles. The van der Waals surface area contributed by atoms with Crippen molar-refractivity contribution in [2.75, 3.05) is 14.1 Å². The molecule has 3 unspecified atom stereocenters. The number of carbonyl (C=O) groups excluding carboxylic acids is 3. The van der Waals surface area contributed by atoms with E-state index in [-0.39, 0.29) is 17.3 Å². The first-order valence-electron chi connectivity index (χ1n) is 12.2. The molecule has 3 rings (SSSR count). The van der Waals surface area contributed by atoms with Gasteiger partial charge in [0.05, 0.1) is 22.9 Å². The Morgan fingerprint density at radius 3 is 2.50 bits per heavy atom. The Morgan fingerprint density at radius 2 is 1.94 bits per heavy atom. The molecule has 0 spiro atoms. The van der Waals surface area contributed by atoms with Crippen molar-refractivity contribution in [1.29, 1.82) is 0 Å². The molecule has 0 saturated heterocycles. The number of aromatic nitrogens is 2. The van der Waals surface area contributed by atoms with Gasteiger partial charge in [0.1, 0.15) is 5.82 Å². The fraction of sp³-hybridized carbons (Fsp3) is 0.462. The first-order valence-corrected chi connectivity index (χ1v) is 12.2. The van der Waals surface area contributed by atoms with E-state index < -0.39 is 29.5 Å². The number of H-pyrrole nitrogens is 1. The lowest BCUT2D eigenvalue weighted by Crippen LogP contribution is -2.43. The Labute approximate surface area is 210 Å². The SMILES string of the molecule is CCC(C(N)=O)/C(=C\N(C)NC)NC(=O)C1CCCCC1C(=O)c1ccc(-c2cc(C)n[nH]2)cc1F. The van der Waals surface area contributed by atoms with E-state index in [4.69, 9.17) is 5.73 Å². The smallest absolute Gasteiger partial charge is 0.228 e. The zero-order valence-corrected chi connectivity index (χ0v) is 21.2. The van der Waals surface area contributed by atoms with Crippen LogP contribution in [0.1, 0.15) is 55.1 Å². The maximum absolute atomic E-state index is 15.1. The molecule has 1 aliphatic rings.